The van der Waals surface area contributed by atoms with Crippen molar-refractivity contribution >= 4 is 17.7 Å². The third kappa shape index (κ3) is 5.06. The molecule has 9 heteroatoms. The summed E-state index contributed by atoms with van der Waals surface area (Å²) in [6.45, 7) is 5.93. The van der Waals surface area contributed by atoms with Crippen LogP contribution in [0.5, 0.6) is 0 Å². The fourth-order valence-corrected chi connectivity index (χ4v) is 3.40. The lowest BCUT2D eigenvalue weighted by Gasteiger charge is -2.26. The first-order valence-electron chi connectivity index (χ1n) is 9.50. The summed E-state index contributed by atoms with van der Waals surface area (Å²) < 4.78 is 6.74. The van der Waals surface area contributed by atoms with Crippen LogP contribution in [0.4, 0.5) is 0 Å². The quantitative estimate of drug-likeness (QED) is 0.664. The minimum absolute atomic E-state index is 0.00188. The minimum Gasteiger partial charge on any atom is -0.378 e. The Bertz CT molecular complexity index is 696. The highest BCUT2D eigenvalue weighted by molar-refractivity contribution is 5.93. The molecule has 9 nitrogen and oxygen atoms in total. The molecule has 2 fully saturated rings. The highest BCUT2D eigenvalue weighted by Gasteiger charge is 2.23. The van der Waals surface area contributed by atoms with Gasteiger partial charge < -0.3 is 19.9 Å². The largest absolute Gasteiger partial charge is 0.378 e. The monoisotopic (exact) mass is 377 g/mol. The van der Waals surface area contributed by atoms with Crippen LogP contribution in [0.1, 0.15) is 35.4 Å². The van der Waals surface area contributed by atoms with Crippen LogP contribution in [-0.4, -0.2) is 83.2 Å². The number of hydrogen-bond acceptors (Lipinski definition) is 5. The van der Waals surface area contributed by atoms with E-state index in [1.807, 2.05) is 4.90 Å². The lowest BCUT2D eigenvalue weighted by molar-refractivity contribution is -0.127. The van der Waals surface area contributed by atoms with E-state index in [9.17, 15) is 14.4 Å². The van der Waals surface area contributed by atoms with Crippen molar-refractivity contribution in [2.45, 2.75) is 32.7 Å². The number of hydrogen-bond donors (Lipinski definition) is 1. The van der Waals surface area contributed by atoms with Crippen LogP contribution in [0, 0.1) is 6.92 Å². The zero-order valence-corrected chi connectivity index (χ0v) is 15.8. The van der Waals surface area contributed by atoms with E-state index in [1.54, 1.807) is 17.9 Å². The van der Waals surface area contributed by atoms with Crippen LogP contribution >= 0.6 is 0 Å². The number of aryl methyl sites for hydroxylation is 1. The molecule has 0 spiro atoms. The first-order valence-corrected chi connectivity index (χ1v) is 9.50. The fraction of sp³-hybridized carbons (Fsp3) is 0.667. The number of carbonyl (C=O) groups is 3. The summed E-state index contributed by atoms with van der Waals surface area (Å²) in [5.74, 6) is -0.124. The lowest BCUT2D eigenvalue weighted by Crippen LogP contribution is -2.42. The first-order chi connectivity index (χ1) is 13.0. The van der Waals surface area contributed by atoms with Crippen molar-refractivity contribution in [2.24, 2.45) is 0 Å². The van der Waals surface area contributed by atoms with E-state index >= 15 is 0 Å². The minimum atomic E-state index is -0.193. The Kier molecular flexibility index (Phi) is 6.44. The maximum absolute atomic E-state index is 12.7. The summed E-state index contributed by atoms with van der Waals surface area (Å²) in [6, 6.07) is 1.71. The van der Waals surface area contributed by atoms with Crippen molar-refractivity contribution in [3.8, 4) is 0 Å². The third-order valence-corrected chi connectivity index (χ3v) is 4.81. The molecule has 0 aliphatic carbocycles. The van der Waals surface area contributed by atoms with Gasteiger partial charge in [-0.3, -0.25) is 19.1 Å². The van der Waals surface area contributed by atoms with Crippen molar-refractivity contribution in [1.29, 1.82) is 0 Å². The zero-order chi connectivity index (χ0) is 19.2. The maximum Gasteiger partial charge on any atom is 0.272 e. The van der Waals surface area contributed by atoms with Crippen molar-refractivity contribution in [1.82, 2.24) is 24.9 Å². The average molecular weight is 377 g/mol. The van der Waals surface area contributed by atoms with Crippen LogP contribution in [0.3, 0.4) is 0 Å². The van der Waals surface area contributed by atoms with E-state index in [2.05, 4.69) is 10.4 Å². The molecule has 0 atom stereocenters. The highest BCUT2D eigenvalue weighted by Crippen LogP contribution is 2.11. The predicted molar refractivity (Wildman–Crippen MR) is 97.1 cm³/mol. The summed E-state index contributed by atoms with van der Waals surface area (Å²) in [6.07, 6.45) is 2.27. The molecule has 0 saturated carbocycles. The van der Waals surface area contributed by atoms with Crippen LogP contribution in [0.2, 0.25) is 0 Å². The Hall–Kier alpha value is -2.42. The lowest BCUT2D eigenvalue weighted by atomic mass is 10.3. The molecule has 1 aromatic rings. The number of nitrogens with zero attached hydrogens (tertiary/aromatic N) is 4. The second-order valence-electron chi connectivity index (χ2n) is 6.92. The second-order valence-corrected chi connectivity index (χ2v) is 6.92. The molecule has 3 amide bonds. The van der Waals surface area contributed by atoms with Crippen molar-refractivity contribution in [3.05, 3.63) is 17.5 Å². The molecule has 0 radical (unpaired) electrons. The predicted octanol–water partition coefficient (Wildman–Crippen LogP) is -0.207. The van der Waals surface area contributed by atoms with Gasteiger partial charge in [-0.15, -0.1) is 0 Å². The molecule has 0 unspecified atom stereocenters. The summed E-state index contributed by atoms with van der Waals surface area (Å²) in [5, 5.41) is 7.13. The number of ether oxygens (including phenoxy) is 1. The van der Waals surface area contributed by atoms with Crippen molar-refractivity contribution in [2.75, 3.05) is 45.9 Å². The van der Waals surface area contributed by atoms with Gasteiger partial charge in [0.05, 0.1) is 18.9 Å². The van der Waals surface area contributed by atoms with Gasteiger partial charge >= 0.3 is 0 Å². The SMILES string of the molecule is Cc1cc(C(=O)N2CCOCC2)n(CC(=O)NCCCN2CCCC2=O)n1. The van der Waals surface area contributed by atoms with Gasteiger partial charge in [-0.25, -0.2) is 0 Å². The number of carbonyl (C=O) groups excluding carboxylic acids is 3. The molecule has 1 aromatic heterocycles. The Morgan fingerprint density at radius 2 is 2.04 bits per heavy atom. The van der Waals surface area contributed by atoms with E-state index in [-0.39, 0.29) is 24.3 Å². The number of rotatable bonds is 7. The van der Waals surface area contributed by atoms with Crippen LogP contribution in [0.25, 0.3) is 0 Å². The average Bonchev–Trinajstić information content (AvgIpc) is 3.24. The van der Waals surface area contributed by atoms with E-state index in [4.69, 9.17) is 4.74 Å². The summed E-state index contributed by atoms with van der Waals surface area (Å²) in [4.78, 5) is 40.0. The molecule has 0 bridgehead atoms. The van der Waals surface area contributed by atoms with Gasteiger partial charge in [0.2, 0.25) is 11.8 Å². The molecule has 2 aliphatic heterocycles. The Labute approximate surface area is 158 Å². The molecule has 3 rings (SSSR count). The normalized spacial score (nSPS) is 17.4. The number of likely N-dealkylation sites (tertiary alicyclic amines) is 1. The highest BCUT2D eigenvalue weighted by atomic mass is 16.5. The maximum atomic E-state index is 12.7. The number of aromatic nitrogens is 2. The molecule has 2 aliphatic rings. The smallest absolute Gasteiger partial charge is 0.272 e. The molecule has 27 heavy (non-hydrogen) atoms. The van der Waals surface area contributed by atoms with Crippen LogP contribution in [0.15, 0.2) is 6.07 Å². The van der Waals surface area contributed by atoms with Gasteiger partial charge in [-0.1, -0.05) is 0 Å². The second kappa shape index (κ2) is 8.98. The number of morpholine rings is 1. The van der Waals surface area contributed by atoms with E-state index in [1.165, 1.54) is 4.68 Å². The van der Waals surface area contributed by atoms with Crippen molar-refractivity contribution in [3.63, 3.8) is 0 Å². The van der Waals surface area contributed by atoms with Gasteiger partial charge in [0, 0.05) is 39.1 Å². The van der Waals surface area contributed by atoms with E-state index in [0.29, 0.717) is 57.2 Å². The molecule has 3 heterocycles. The molecule has 0 aromatic carbocycles. The van der Waals surface area contributed by atoms with E-state index < -0.39 is 0 Å². The Balaban J connectivity index is 1.48. The number of nitrogens with one attached hydrogen (secondary N) is 1. The Morgan fingerprint density at radius 3 is 2.74 bits per heavy atom. The molecular formula is C18H27N5O4. The molecule has 148 valence electrons. The topological polar surface area (TPSA) is 96.8 Å². The summed E-state index contributed by atoms with van der Waals surface area (Å²) >= 11 is 0. The third-order valence-electron chi connectivity index (χ3n) is 4.81. The van der Waals surface area contributed by atoms with Crippen molar-refractivity contribution < 1.29 is 19.1 Å². The van der Waals surface area contributed by atoms with Gasteiger partial charge in [-0.2, -0.15) is 5.10 Å². The molecule has 2 saturated heterocycles. The number of amides is 3. The zero-order valence-electron chi connectivity index (χ0n) is 15.8. The summed E-state index contributed by atoms with van der Waals surface area (Å²) in [5.41, 5.74) is 1.12. The van der Waals surface area contributed by atoms with E-state index in [0.717, 1.165) is 19.4 Å². The van der Waals surface area contributed by atoms with Gasteiger partial charge in [0.15, 0.2) is 0 Å². The van der Waals surface area contributed by atoms with Crippen LogP contribution in [-0.2, 0) is 20.9 Å². The first kappa shape index (κ1) is 19.3. The summed E-state index contributed by atoms with van der Waals surface area (Å²) in [7, 11) is 0. The van der Waals surface area contributed by atoms with Gasteiger partial charge in [0.1, 0.15) is 12.2 Å². The van der Waals surface area contributed by atoms with Gasteiger partial charge in [0.25, 0.3) is 5.91 Å². The Morgan fingerprint density at radius 1 is 1.26 bits per heavy atom. The standard InChI is InChI=1S/C18H27N5O4/c1-14-12-15(18(26)22-8-10-27-11-9-22)23(20-14)13-16(24)19-5-3-7-21-6-2-4-17(21)25/h12H,2-11,13H2,1H3,(H,19,24). The fourth-order valence-electron chi connectivity index (χ4n) is 3.40. The molecular weight excluding hydrogens is 350 g/mol. The van der Waals surface area contributed by atoms with Gasteiger partial charge in [-0.05, 0) is 25.8 Å². The molecule has 1 N–H and O–H groups in total. The van der Waals surface area contributed by atoms with Crippen LogP contribution < -0.4 is 5.32 Å².